The van der Waals surface area contributed by atoms with E-state index in [1.54, 1.807) is 0 Å². The number of nitrogens with zero attached hydrogens (tertiary/aromatic N) is 2. The van der Waals surface area contributed by atoms with Gasteiger partial charge in [-0.1, -0.05) is 6.07 Å². The molecule has 1 aromatic rings. The number of carbonyl (C=O) groups excluding carboxylic acids is 2. The first kappa shape index (κ1) is 16.9. The van der Waals surface area contributed by atoms with E-state index in [1.165, 1.54) is 18.2 Å². The van der Waals surface area contributed by atoms with Crippen LogP contribution in [0, 0.1) is 11.7 Å². The number of amides is 1. The van der Waals surface area contributed by atoms with E-state index in [9.17, 15) is 23.9 Å². The molecule has 1 N–H and O–H groups in total. The van der Waals surface area contributed by atoms with Gasteiger partial charge in [0.2, 0.25) is 0 Å². The molecule has 9 heteroatoms. The van der Waals surface area contributed by atoms with Gasteiger partial charge in [0.05, 0.1) is 29.0 Å². The zero-order valence-corrected chi connectivity index (χ0v) is 14.8. The quantitative estimate of drug-likeness (QED) is 0.699. The van der Waals surface area contributed by atoms with E-state index in [0.717, 1.165) is 4.90 Å². The minimum atomic E-state index is -1.22. The van der Waals surface area contributed by atoms with Crippen LogP contribution in [0.3, 0.4) is 0 Å². The Labute approximate surface area is 155 Å². The number of carboxylic acid groups (broad SMARTS) is 1. The molecule has 0 aliphatic carbocycles. The Balaban J connectivity index is 1.87. The lowest BCUT2D eigenvalue weighted by atomic mass is 9.74. The molecule has 3 aliphatic rings. The fourth-order valence-electron chi connectivity index (χ4n) is 3.62. The Morgan fingerprint density at radius 1 is 1.31 bits per heavy atom. The maximum absolute atomic E-state index is 13.6. The molecule has 0 bridgehead atoms. The highest BCUT2D eigenvalue weighted by Crippen LogP contribution is 2.44. The summed E-state index contributed by atoms with van der Waals surface area (Å²) in [7, 11) is 0. The largest absolute Gasteiger partial charge is 0.465 e. The molecule has 0 spiro atoms. The minimum absolute atomic E-state index is 0.000403. The third-order valence-electron chi connectivity index (χ3n) is 4.76. The fraction of sp³-hybridized carbons (Fsp3) is 0.294. The third-order valence-corrected chi connectivity index (χ3v) is 5.37. The predicted octanol–water partition coefficient (Wildman–Crippen LogP) is 2.12. The standard InChI is InChI=1S/C17H12BrFN2O5/c18-8-3-7(1-2-9(8)19)13-14-10(4-21(17(24)25)5-12(14)22)20-11-6-26-16(23)15(11)13/h1-3,13,15H,4-6H2,(H,24,25). The van der Waals surface area contributed by atoms with Crippen molar-refractivity contribution in [3.05, 3.63) is 45.3 Å². The number of hydrogen-bond acceptors (Lipinski definition) is 5. The average molecular weight is 423 g/mol. The summed E-state index contributed by atoms with van der Waals surface area (Å²) in [6.07, 6.45) is -1.22. The Hall–Kier alpha value is -2.55. The maximum Gasteiger partial charge on any atom is 0.408 e. The summed E-state index contributed by atoms with van der Waals surface area (Å²) in [5.41, 5.74) is 1.64. The van der Waals surface area contributed by atoms with Gasteiger partial charge in [0.1, 0.15) is 18.3 Å². The number of rotatable bonds is 1. The van der Waals surface area contributed by atoms with Gasteiger partial charge in [0.15, 0.2) is 5.78 Å². The van der Waals surface area contributed by atoms with E-state index in [0.29, 0.717) is 22.5 Å². The van der Waals surface area contributed by atoms with Gasteiger partial charge in [-0.3, -0.25) is 19.5 Å². The van der Waals surface area contributed by atoms with Crippen LogP contribution in [0.5, 0.6) is 0 Å². The van der Waals surface area contributed by atoms with Crippen LogP contribution in [0.4, 0.5) is 9.18 Å². The van der Waals surface area contributed by atoms with E-state index in [1.807, 2.05) is 0 Å². The average Bonchev–Trinajstić information content (AvgIpc) is 2.96. The van der Waals surface area contributed by atoms with Gasteiger partial charge < -0.3 is 9.84 Å². The number of ketones is 1. The summed E-state index contributed by atoms with van der Waals surface area (Å²) < 4.78 is 19.0. The van der Waals surface area contributed by atoms with Crippen molar-refractivity contribution in [1.29, 1.82) is 0 Å². The van der Waals surface area contributed by atoms with Crippen molar-refractivity contribution in [2.24, 2.45) is 10.9 Å². The first-order valence-electron chi connectivity index (χ1n) is 7.80. The van der Waals surface area contributed by atoms with Crippen molar-refractivity contribution in [2.75, 3.05) is 19.7 Å². The van der Waals surface area contributed by atoms with Gasteiger partial charge in [-0.15, -0.1) is 0 Å². The molecule has 7 nitrogen and oxygen atoms in total. The van der Waals surface area contributed by atoms with Crippen LogP contribution in [-0.2, 0) is 14.3 Å². The lowest BCUT2D eigenvalue weighted by Crippen LogP contribution is -2.45. The number of ether oxygens (including phenoxy) is 1. The second-order valence-electron chi connectivity index (χ2n) is 6.26. The molecule has 0 aromatic heterocycles. The Kier molecular flexibility index (Phi) is 3.91. The molecule has 1 amide bonds. The predicted molar refractivity (Wildman–Crippen MR) is 90.4 cm³/mol. The topological polar surface area (TPSA) is 96.3 Å². The number of halogens is 2. The molecular formula is C17H12BrFN2O5. The second kappa shape index (κ2) is 6.01. The molecular weight excluding hydrogens is 411 g/mol. The third kappa shape index (κ3) is 2.54. The SMILES string of the molecule is O=C1CN(C(=O)O)CC2=C1C(c1ccc(F)c(Br)c1)C1C(=O)OCC1=N2. The van der Waals surface area contributed by atoms with Gasteiger partial charge in [0.25, 0.3) is 0 Å². The number of Topliss-reactive ketones (excluding diaryl/α,β-unsaturated/α-hetero) is 1. The molecule has 1 saturated heterocycles. The Morgan fingerprint density at radius 3 is 2.77 bits per heavy atom. The first-order chi connectivity index (χ1) is 12.4. The van der Waals surface area contributed by atoms with Crippen molar-refractivity contribution >= 4 is 39.5 Å². The smallest absolute Gasteiger partial charge is 0.408 e. The number of cyclic esters (lactones) is 1. The zero-order valence-electron chi connectivity index (χ0n) is 13.2. The summed E-state index contributed by atoms with van der Waals surface area (Å²) in [5.74, 6) is -2.80. The van der Waals surface area contributed by atoms with Crippen LogP contribution >= 0.6 is 15.9 Å². The van der Waals surface area contributed by atoms with Gasteiger partial charge in [0, 0.05) is 11.5 Å². The summed E-state index contributed by atoms with van der Waals surface area (Å²) in [4.78, 5) is 41.6. The molecule has 0 radical (unpaired) electrons. The monoisotopic (exact) mass is 422 g/mol. The van der Waals surface area contributed by atoms with Crippen molar-refractivity contribution in [2.45, 2.75) is 5.92 Å². The van der Waals surface area contributed by atoms with Crippen molar-refractivity contribution in [3.63, 3.8) is 0 Å². The molecule has 4 rings (SSSR count). The number of benzene rings is 1. The zero-order chi connectivity index (χ0) is 18.6. The van der Waals surface area contributed by atoms with Gasteiger partial charge in [-0.2, -0.15) is 0 Å². The van der Waals surface area contributed by atoms with E-state index >= 15 is 0 Å². The molecule has 2 unspecified atom stereocenters. The highest BCUT2D eigenvalue weighted by atomic mass is 79.9. The molecule has 26 heavy (non-hydrogen) atoms. The molecule has 0 saturated carbocycles. The molecule has 3 heterocycles. The number of aliphatic imine (C=N–C) groups is 1. The van der Waals surface area contributed by atoms with Gasteiger partial charge in [-0.05, 0) is 33.6 Å². The summed E-state index contributed by atoms with van der Waals surface area (Å²) in [5, 5.41) is 9.20. The van der Waals surface area contributed by atoms with Crippen molar-refractivity contribution in [3.8, 4) is 0 Å². The number of esters is 1. The lowest BCUT2D eigenvalue weighted by molar-refractivity contribution is -0.141. The summed E-state index contributed by atoms with van der Waals surface area (Å²) >= 11 is 3.12. The van der Waals surface area contributed by atoms with Crippen molar-refractivity contribution in [1.82, 2.24) is 4.90 Å². The number of fused-ring (bicyclic) bond motifs is 1. The van der Waals surface area contributed by atoms with Crippen LogP contribution in [0.2, 0.25) is 0 Å². The number of carbonyl (C=O) groups is 3. The summed E-state index contributed by atoms with van der Waals surface area (Å²) in [6.45, 7) is -0.347. The van der Waals surface area contributed by atoms with Gasteiger partial charge in [-0.25, -0.2) is 9.18 Å². The molecule has 1 aromatic carbocycles. The molecule has 2 atom stereocenters. The van der Waals surface area contributed by atoms with Crippen molar-refractivity contribution < 1.29 is 28.6 Å². The van der Waals surface area contributed by atoms with Crippen LogP contribution in [0.25, 0.3) is 0 Å². The molecule has 1 fully saturated rings. The number of hydrogen-bond donors (Lipinski definition) is 1. The van der Waals surface area contributed by atoms with Crippen LogP contribution in [0.1, 0.15) is 11.5 Å². The normalized spacial score (nSPS) is 24.8. The van der Waals surface area contributed by atoms with E-state index in [-0.39, 0.29) is 24.2 Å². The van der Waals surface area contributed by atoms with E-state index < -0.39 is 35.5 Å². The van der Waals surface area contributed by atoms with Crippen LogP contribution in [0.15, 0.2) is 38.9 Å². The fourth-order valence-corrected chi connectivity index (χ4v) is 4.02. The van der Waals surface area contributed by atoms with Crippen LogP contribution < -0.4 is 0 Å². The van der Waals surface area contributed by atoms with E-state index in [4.69, 9.17) is 4.74 Å². The first-order valence-corrected chi connectivity index (χ1v) is 8.59. The Bertz CT molecular complexity index is 926. The Morgan fingerprint density at radius 2 is 2.08 bits per heavy atom. The van der Waals surface area contributed by atoms with Gasteiger partial charge >= 0.3 is 12.1 Å². The minimum Gasteiger partial charge on any atom is -0.465 e. The van der Waals surface area contributed by atoms with Crippen LogP contribution in [-0.4, -0.2) is 53.3 Å². The highest BCUT2D eigenvalue weighted by Gasteiger charge is 2.49. The summed E-state index contributed by atoms with van der Waals surface area (Å²) in [6, 6.07) is 4.29. The second-order valence-corrected chi connectivity index (χ2v) is 7.12. The highest BCUT2D eigenvalue weighted by molar-refractivity contribution is 9.10. The molecule has 134 valence electrons. The lowest BCUT2D eigenvalue weighted by Gasteiger charge is -2.34. The van der Waals surface area contributed by atoms with E-state index in [2.05, 4.69) is 20.9 Å². The molecule has 3 aliphatic heterocycles. The maximum atomic E-state index is 13.6.